The van der Waals surface area contributed by atoms with Crippen molar-refractivity contribution in [3.63, 3.8) is 0 Å². The summed E-state index contributed by atoms with van der Waals surface area (Å²) in [6.45, 7) is 3.19. The topological polar surface area (TPSA) is 60.2 Å². The fraction of sp³-hybridized carbons (Fsp3) is 0.667. The Morgan fingerprint density at radius 3 is 2.89 bits per heavy atom. The lowest BCUT2D eigenvalue weighted by Gasteiger charge is -2.27. The molecule has 4 heteroatoms. The number of hydrogen-bond acceptors (Lipinski definition) is 4. The van der Waals surface area contributed by atoms with E-state index in [1.54, 1.807) is 6.20 Å². The van der Waals surface area contributed by atoms with Gasteiger partial charge in [0.2, 0.25) is 0 Å². The molecule has 0 amide bonds. The van der Waals surface area contributed by atoms with Crippen LogP contribution in [0.15, 0.2) is 18.3 Å². The van der Waals surface area contributed by atoms with Crippen molar-refractivity contribution in [2.45, 2.75) is 44.8 Å². The minimum atomic E-state index is 0.283. The van der Waals surface area contributed by atoms with Gasteiger partial charge in [0.1, 0.15) is 5.82 Å². The third-order valence-corrected chi connectivity index (χ3v) is 3.78. The Labute approximate surface area is 115 Å². The molecule has 0 aromatic carbocycles. The number of methoxy groups -OCH3 is 1. The molecule has 1 fully saturated rings. The van der Waals surface area contributed by atoms with E-state index in [9.17, 15) is 0 Å². The second-order valence-corrected chi connectivity index (χ2v) is 5.35. The Kier molecular flexibility index (Phi) is 5.16. The maximum absolute atomic E-state index is 5.95. The molecule has 2 atom stereocenters. The molecule has 0 aliphatic heterocycles. The van der Waals surface area contributed by atoms with Gasteiger partial charge >= 0.3 is 0 Å². The number of nitrogens with two attached hydrogens (primary N) is 1. The zero-order valence-electron chi connectivity index (χ0n) is 11.9. The van der Waals surface area contributed by atoms with Crippen molar-refractivity contribution in [2.75, 3.05) is 19.4 Å². The molecule has 19 heavy (non-hydrogen) atoms. The van der Waals surface area contributed by atoms with E-state index in [4.69, 9.17) is 10.5 Å². The van der Waals surface area contributed by atoms with Crippen LogP contribution in [0.1, 0.15) is 31.7 Å². The van der Waals surface area contributed by atoms with Crippen LogP contribution in [-0.4, -0.2) is 30.8 Å². The molecule has 3 N–H and O–H groups in total. The maximum Gasteiger partial charge on any atom is 0.126 e. The lowest BCUT2D eigenvalue weighted by Crippen LogP contribution is -2.44. The van der Waals surface area contributed by atoms with Gasteiger partial charge in [-0.2, -0.15) is 0 Å². The Morgan fingerprint density at radius 2 is 2.32 bits per heavy atom. The first-order chi connectivity index (χ1) is 9.26. The van der Waals surface area contributed by atoms with Gasteiger partial charge in [-0.05, 0) is 49.8 Å². The van der Waals surface area contributed by atoms with Crippen molar-refractivity contribution in [1.29, 1.82) is 0 Å². The number of pyridine rings is 1. The second kappa shape index (κ2) is 6.87. The number of rotatable bonds is 8. The molecule has 1 heterocycles. The Hall–Kier alpha value is -1.13. The molecule has 1 aliphatic rings. The summed E-state index contributed by atoms with van der Waals surface area (Å²) in [4.78, 5) is 4.17. The van der Waals surface area contributed by atoms with Gasteiger partial charge in [-0.25, -0.2) is 4.98 Å². The highest BCUT2D eigenvalue weighted by atomic mass is 16.5. The maximum atomic E-state index is 5.95. The van der Waals surface area contributed by atoms with E-state index in [0.717, 1.165) is 24.9 Å². The van der Waals surface area contributed by atoms with E-state index in [0.29, 0.717) is 17.8 Å². The van der Waals surface area contributed by atoms with Crippen LogP contribution >= 0.6 is 0 Å². The van der Waals surface area contributed by atoms with Crippen molar-refractivity contribution in [2.24, 2.45) is 5.92 Å². The lowest BCUT2D eigenvalue weighted by atomic mass is 9.98. The SMILES string of the molecule is CCCNC(Cc1cccnc1N)C(OC)C1CC1. The first kappa shape index (κ1) is 14.3. The summed E-state index contributed by atoms with van der Waals surface area (Å²) in [5.41, 5.74) is 7.06. The smallest absolute Gasteiger partial charge is 0.126 e. The fourth-order valence-corrected chi connectivity index (χ4v) is 2.60. The van der Waals surface area contributed by atoms with Crippen LogP contribution in [-0.2, 0) is 11.2 Å². The van der Waals surface area contributed by atoms with Gasteiger partial charge in [0, 0.05) is 19.3 Å². The highest BCUT2D eigenvalue weighted by Crippen LogP contribution is 2.36. The van der Waals surface area contributed by atoms with Crippen LogP contribution in [0.4, 0.5) is 5.82 Å². The molecule has 0 radical (unpaired) electrons. The standard InChI is InChI=1S/C15H25N3O/c1-3-8-17-13(14(19-2)11-6-7-11)10-12-5-4-9-18-15(12)16/h4-5,9,11,13-14,17H,3,6-8,10H2,1-2H3,(H2,16,18). The van der Waals surface area contributed by atoms with Gasteiger partial charge in [0.15, 0.2) is 0 Å². The van der Waals surface area contributed by atoms with Crippen LogP contribution in [0.2, 0.25) is 0 Å². The lowest BCUT2D eigenvalue weighted by molar-refractivity contribution is 0.0511. The number of anilines is 1. The molecular formula is C15H25N3O. The summed E-state index contributed by atoms with van der Waals surface area (Å²) in [5, 5.41) is 3.61. The van der Waals surface area contributed by atoms with Gasteiger partial charge in [-0.15, -0.1) is 0 Å². The van der Waals surface area contributed by atoms with E-state index in [1.165, 1.54) is 12.8 Å². The monoisotopic (exact) mass is 263 g/mol. The van der Waals surface area contributed by atoms with Crippen LogP contribution in [0, 0.1) is 5.92 Å². The van der Waals surface area contributed by atoms with E-state index in [2.05, 4.69) is 23.3 Å². The van der Waals surface area contributed by atoms with Crippen molar-refractivity contribution in [3.8, 4) is 0 Å². The van der Waals surface area contributed by atoms with E-state index in [-0.39, 0.29) is 6.10 Å². The van der Waals surface area contributed by atoms with Crippen LogP contribution in [0.5, 0.6) is 0 Å². The average molecular weight is 263 g/mol. The van der Waals surface area contributed by atoms with Gasteiger partial charge in [0.05, 0.1) is 6.10 Å². The van der Waals surface area contributed by atoms with Gasteiger partial charge in [-0.3, -0.25) is 0 Å². The van der Waals surface area contributed by atoms with Crippen LogP contribution in [0.25, 0.3) is 0 Å². The number of hydrogen-bond donors (Lipinski definition) is 2. The molecule has 1 saturated carbocycles. The summed E-state index contributed by atoms with van der Waals surface area (Å²) < 4.78 is 5.72. The minimum Gasteiger partial charge on any atom is -0.383 e. The Balaban J connectivity index is 2.06. The molecule has 1 aliphatic carbocycles. The van der Waals surface area contributed by atoms with E-state index < -0.39 is 0 Å². The van der Waals surface area contributed by atoms with Crippen LogP contribution < -0.4 is 11.1 Å². The van der Waals surface area contributed by atoms with Gasteiger partial charge in [-0.1, -0.05) is 13.0 Å². The molecule has 4 nitrogen and oxygen atoms in total. The number of nitrogens with one attached hydrogen (secondary N) is 1. The first-order valence-corrected chi connectivity index (χ1v) is 7.21. The summed E-state index contributed by atoms with van der Waals surface area (Å²) in [7, 11) is 1.82. The van der Waals surface area contributed by atoms with Gasteiger partial charge in [0.25, 0.3) is 0 Å². The molecule has 1 aromatic rings. The summed E-state index contributed by atoms with van der Waals surface area (Å²) >= 11 is 0. The van der Waals surface area contributed by atoms with Gasteiger partial charge < -0.3 is 15.8 Å². The molecule has 0 spiro atoms. The van der Waals surface area contributed by atoms with E-state index >= 15 is 0 Å². The van der Waals surface area contributed by atoms with Crippen molar-refractivity contribution in [3.05, 3.63) is 23.9 Å². The van der Waals surface area contributed by atoms with Crippen LogP contribution in [0.3, 0.4) is 0 Å². The number of nitrogen functional groups attached to an aromatic ring is 1. The summed E-state index contributed by atoms with van der Waals surface area (Å²) in [6, 6.07) is 4.33. The number of nitrogens with zero attached hydrogens (tertiary/aromatic N) is 1. The highest BCUT2D eigenvalue weighted by molar-refractivity contribution is 5.39. The zero-order valence-corrected chi connectivity index (χ0v) is 11.9. The average Bonchev–Trinajstić information content (AvgIpc) is 3.23. The first-order valence-electron chi connectivity index (χ1n) is 7.21. The zero-order chi connectivity index (χ0) is 13.7. The fourth-order valence-electron chi connectivity index (χ4n) is 2.60. The normalized spacial score (nSPS) is 18.2. The predicted octanol–water partition coefficient (Wildman–Crippen LogP) is 2.00. The second-order valence-electron chi connectivity index (χ2n) is 5.35. The quantitative estimate of drug-likeness (QED) is 0.753. The molecule has 0 bridgehead atoms. The third-order valence-electron chi connectivity index (χ3n) is 3.78. The largest absolute Gasteiger partial charge is 0.383 e. The summed E-state index contributed by atoms with van der Waals surface area (Å²) in [5.74, 6) is 1.34. The predicted molar refractivity (Wildman–Crippen MR) is 78.0 cm³/mol. The number of ether oxygens (including phenoxy) is 1. The highest BCUT2D eigenvalue weighted by Gasteiger charge is 2.36. The minimum absolute atomic E-state index is 0.283. The molecule has 106 valence electrons. The molecule has 1 aromatic heterocycles. The van der Waals surface area contributed by atoms with Crippen molar-refractivity contribution in [1.82, 2.24) is 10.3 Å². The molecular weight excluding hydrogens is 238 g/mol. The van der Waals surface area contributed by atoms with Crippen molar-refractivity contribution >= 4 is 5.82 Å². The van der Waals surface area contributed by atoms with E-state index in [1.807, 2.05) is 13.2 Å². The number of aromatic nitrogens is 1. The molecule has 0 saturated heterocycles. The summed E-state index contributed by atoms with van der Waals surface area (Å²) in [6.07, 6.45) is 6.60. The third kappa shape index (κ3) is 3.91. The Morgan fingerprint density at radius 1 is 1.53 bits per heavy atom. The molecule has 2 rings (SSSR count). The molecule has 2 unspecified atom stereocenters. The van der Waals surface area contributed by atoms with Crippen molar-refractivity contribution < 1.29 is 4.74 Å². The Bertz CT molecular complexity index is 393.